The van der Waals surface area contributed by atoms with E-state index in [0.29, 0.717) is 11.1 Å². The van der Waals surface area contributed by atoms with E-state index in [0.717, 1.165) is 0 Å². The van der Waals surface area contributed by atoms with Gasteiger partial charge in [0, 0.05) is 6.92 Å². The lowest BCUT2D eigenvalue weighted by Gasteiger charge is -2.13. The lowest BCUT2D eigenvalue weighted by atomic mass is 10.1. The van der Waals surface area contributed by atoms with Crippen molar-refractivity contribution in [2.45, 2.75) is 18.6 Å². The first-order valence-electron chi connectivity index (χ1n) is 9.42. The Morgan fingerprint density at radius 2 is 1.40 bits per heavy atom. The molecular weight excluding hydrogens is 388 g/mol. The first kappa shape index (κ1) is 21.3. The van der Waals surface area contributed by atoms with Gasteiger partial charge < -0.3 is 18.9 Å². The van der Waals surface area contributed by atoms with E-state index in [4.69, 9.17) is 18.9 Å². The van der Waals surface area contributed by atoms with E-state index >= 15 is 0 Å². The van der Waals surface area contributed by atoms with Crippen LogP contribution in [0.1, 0.15) is 27.6 Å². The molecule has 1 fully saturated rings. The van der Waals surface area contributed by atoms with Gasteiger partial charge in [-0.25, -0.2) is 9.59 Å². The molecule has 1 heterocycles. The molecule has 156 valence electrons. The van der Waals surface area contributed by atoms with Crippen LogP contribution in [-0.2, 0) is 23.7 Å². The van der Waals surface area contributed by atoms with Gasteiger partial charge in [-0.2, -0.15) is 0 Å². The van der Waals surface area contributed by atoms with Gasteiger partial charge in [-0.05, 0) is 30.3 Å². The van der Waals surface area contributed by atoms with E-state index in [1.807, 2.05) is 6.07 Å². The third-order valence-electron chi connectivity index (χ3n) is 4.43. The topological polar surface area (TPSA) is 91.4 Å². The summed E-state index contributed by atoms with van der Waals surface area (Å²) in [4.78, 5) is 35.3. The molecule has 1 saturated heterocycles. The smallest absolute Gasteiger partial charge is 0.338 e. The molecule has 2 atom stereocenters. The molecule has 30 heavy (non-hydrogen) atoms. The summed E-state index contributed by atoms with van der Waals surface area (Å²) in [5.74, 6) is -1.38. The van der Waals surface area contributed by atoms with Crippen molar-refractivity contribution in [3.05, 3.63) is 83.9 Å². The van der Waals surface area contributed by atoms with Gasteiger partial charge in [-0.1, -0.05) is 42.5 Å². The third kappa shape index (κ3) is 5.78. The van der Waals surface area contributed by atoms with Crippen molar-refractivity contribution in [2.75, 3.05) is 19.8 Å². The number of epoxide rings is 1. The number of rotatable bonds is 9. The summed E-state index contributed by atoms with van der Waals surface area (Å²) < 4.78 is 21.2. The van der Waals surface area contributed by atoms with Crippen molar-refractivity contribution in [3.63, 3.8) is 0 Å². The number of hydrogen-bond donors (Lipinski definition) is 0. The summed E-state index contributed by atoms with van der Waals surface area (Å²) in [7, 11) is 0. The van der Waals surface area contributed by atoms with Gasteiger partial charge in [0.25, 0.3) is 0 Å². The number of hydrogen-bond acceptors (Lipinski definition) is 7. The van der Waals surface area contributed by atoms with E-state index < -0.39 is 29.6 Å². The molecule has 2 aromatic rings. The van der Waals surface area contributed by atoms with Crippen LogP contribution in [0.5, 0.6) is 0 Å². The second-order valence-corrected chi connectivity index (χ2v) is 6.72. The Labute approximate surface area is 174 Å². The maximum absolute atomic E-state index is 12.2. The number of carbonyl (C=O) groups is 3. The maximum atomic E-state index is 12.2. The van der Waals surface area contributed by atoms with Crippen molar-refractivity contribution >= 4 is 17.9 Å². The van der Waals surface area contributed by atoms with Crippen LogP contribution >= 0.6 is 0 Å². The molecule has 0 spiro atoms. The molecule has 1 aliphatic rings. The average molecular weight is 410 g/mol. The second kappa shape index (κ2) is 9.84. The van der Waals surface area contributed by atoms with Crippen molar-refractivity contribution in [3.8, 4) is 0 Å². The first-order chi connectivity index (χ1) is 14.5. The molecule has 2 aromatic carbocycles. The lowest BCUT2D eigenvalue weighted by Crippen LogP contribution is -2.31. The Bertz CT molecular complexity index is 908. The summed E-state index contributed by atoms with van der Waals surface area (Å²) in [6.07, 6.45) is 2.90. The maximum Gasteiger partial charge on any atom is 0.338 e. The minimum Gasteiger partial charge on any atom is -0.463 e. The van der Waals surface area contributed by atoms with Crippen LogP contribution in [0.25, 0.3) is 0 Å². The zero-order valence-electron chi connectivity index (χ0n) is 16.5. The normalized spacial score (nSPS) is 19.8. The largest absolute Gasteiger partial charge is 0.463 e. The van der Waals surface area contributed by atoms with Crippen LogP contribution in [0.2, 0.25) is 0 Å². The molecule has 0 saturated carbocycles. The monoisotopic (exact) mass is 410 g/mol. The van der Waals surface area contributed by atoms with Gasteiger partial charge in [0.15, 0.2) is 5.60 Å². The van der Waals surface area contributed by atoms with Crippen molar-refractivity contribution in [2.24, 2.45) is 0 Å². The Balaban J connectivity index is 1.52. The second-order valence-electron chi connectivity index (χ2n) is 6.72. The van der Waals surface area contributed by atoms with Gasteiger partial charge in [0.1, 0.15) is 25.9 Å². The molecule has 3 rings (SSSR count). The molecule has 7 nitrogen and oxygen atoms in total. The zero-order valence-corrected chi connectivity index (χ0v) is 16.5. The predicted octanol–water partition coefficient (Wildman–Crippen LogP) is 2.96. The first-order valence-corrected chi connectivity index (χ1v) is 9.42. The van der Waals surface area contributed by atoms with E-state index in [1.54, 1.807) is 66.7 Å². The van der Waals surface area contributed by atoms with Crippen molar-refractivity contribution in [1.82, 2.24) is 0 Å². The molecule has 1 aliphatic heterocycles. The molecule has 0 unspecified atom stereocenters. The fraction of sp³-hybridized carbons (Fsp3) is 0.261. The van der Waals surface area contributed by atoms with E-state index in [9.17, 15) is 14.4 Å². The summed E-state index contributed by atoms with van der Waals surface area (Å²) >= 11 is 0. The lowest BCUT2D eigenvalue weighted by molar-refractivity contribution is -0.143. The quantitative estimate of drug-likeness (QED) is 0.272. The minimum atomic E-state index is -0.948. The Hall–Kier alpha value is -3.45. The van der Waals surface area contributed by atoms with Crippen molar-refractivity contribution < 1.29 is 33.3 Å². The molecule has 0 aliphatic carbocycles. The van der Waals surface area contributed by atoms with Gasteiger partial charge in [-0.15, -0.1) is 0 Å². The van der Waals surface area contributed by atoms with Crippen LogP contribution < -0.4 is 0 Å². The summed E-state index contributed by atoms with van der Waals surface area (Å²) in [6, 6.07) is 17.2. The molecule has 0 amide bonds. The minimum absolute atomic E-state index is 0.0524. The van der Waals surface area contributed by atoms with Gasteiger partial charge in [0.2, 0.25) is 0 Å². The number of ether oxygens (including phenoxy) is 4. The highest BCUT2D eigenvalue weighted by Gasteiger charge is 2.57. The highest BCUT2D eigenvalue weighted by molar-refractivity contribution is 5.89. The highest BCUT2D eigenvalue weighted by atomic mass is 16.7. The van der Waals surface area contributed by atoms with E-state index in [-0.39, 0.29) is 19.8 Å². The van der Waals surface area contributed by atoms with Gasteiger partial charge in [0.05, 0.1) is 11.1 Å². The van der Waals surface area contributed by atoms with Gasteiger partial charge >= 0.3 is 17.9 Å². The third-order valence-corrected chi connectivity index (χ3v) is 4.43. The predicted molar refractivity (Wildman–Crippen MR) is 107 cm³/mol. The zero-order chi connectivity index (χ0) is 21.4. The number of carbonyl (C=O) groups excluding carboxylic acids is 3. The van der Waals surface area contributed by atoms with Crippen LogP contribution in [0.3, 0.4) is 0 Å². The van der Waals surface area contributed by atoms with E-state index in [2.05, 4.69) is 0 Å². The molecular formula is C23H22O7. The van der Waals surface area contributed by atoms with Crippen molar-refractivity contribution in [1.29, 1.82) is 0 Å². The molecule has 0 radical (unpaired) electrons. The fourth-order valence-electron chi connectivity index (χ4n) is 2.74. The summed E-state index contributed by atoms with van der Waals surface area (Å²) in [6.45, 7) is 1.22. The molecule has 0 N–H and O–H groups in total. The highest BCUT2D eigenvalue weighted by Crippen LogP contribution is 2.38. The fourth-order valence-corrected chi connectivity index (χ4v) is 2.74. The standard InChI is InChI=1S/C23H22O7/c1-17(24)28-15-23(16-29-22(26)19-11-6-3-7-12-19)20(30-23)13-8-14-27-21(25)18-9-4-2-5-10-18/h2-13,20H,14-16H2,1H3/b13-8-/t20-,23-/m1/s1. The average Bonchev–Trinajstić information content (AvgIpc) is 3.47. The Morgan fingerprint density at radius 1 is 0.867 bits per heavy atom. The Morgan fingerprint density at radius 3 is 1.97 bits per heavy atom. The van der Waals surface area contributed by atoms with E-state index in [1.165, 1.54) is 6.92 Å². The number of benzene rings is 2. The summed E-state index contributed by atoms with van der Waals surface area (Å²) in [5, 5.41) is 0. The SMILES string of the molecule is CC(=O)OC[C@]1(COC(=O)c2ccccc2)O[C@@H]1/C=C\COC(=O)c1ccccc1. The molecule has 0 bridgehead atoms. The van der Waals surface area contributed by atoms with Crippen LogP contribution in [0.15, 0.2) is 72.8 Å². The van der Waals surface area contributed by atoms with Crippen LogP contribution in [0, 0.1) is 0 Å². The van der Waals surface area contributed by atoms with Crippen LogP contribution in [0.4, 0.5) is 0 Å². The Kier molecular flexibility index (Phi) is 6.98. The number of esters is 3. The molecule has 0 aromatic heterocycles. The van der Waals surface area contributed by atoms with Crippen LogP contribution in [-0.4, -0.2) is 49.4 Å². The molecule has 7 heteroatoms. The summed E-state index contributed by atoms with van der Waals surface area (Å²) in [5.41, 5.74) is -0.0675. The van der Waals surface area contributed by atoms with Gasteiger partial charge in [-0.3, -0.25) is 4.79 Å².